The van der Waals surface area contributed by atoms with E-state index < -0.39 is 0 Å². The Balaban J connectivity index is 1.83. The fraction of sp³-hybridized carbons (Fsp3) is 0.294. The van der Waals surface area contributed by atoms with Crippen molar-refractivity contribution in [1.29, 1.82) is 0 Å². The Kier molecular flexibility index (Phi) is 3.47. The third kappa shape index (κ3) is 2.54. The summed E-state index contributed by atoms with van der Waals surface area (Å²) < 4.78 is 16.1. The maximum Gasteiger partial charge on any atom is 0.125 e. The molecule has 0 spiro atoms. The number of rotatable bonds is 4. The molecule has 0 aliphatic carbocycles. The molecule has 0 aromatic heterocycles. The van der Waals surface area contributed by atoms with Crippen LogP contribution in [0.1, 0.15) is 28.9 Å². The summed E-state index contributed by atoms with van der Waals surface area (Å²) in [6, 6.07) is 11.2. The van der Waals surface area contributed by atoms with Gasteiger partial charge in [-0.1, -0.05) is 6.07 Å². The van der Waals surface area contributed by atoms with Crippen LogP contribution in [-0.2, 0) is 4.74 Å². The molecule has 21 heavy (non-hydrogen) atoms. The van der Waals surface area contributed by atoms with Crippen LogP contribution in [0.5, 0.6) is 17.2 Å². The Morgan fingerprint density at radius 2 is 1.48 bits per heavy atom. The lowest BCUT2D eigenvalue weighted by Crippen LogP contribution is -1.91. The Morgan fingerprint density at radius 1 is 0.905 bits per heavy atom. The fourth-order valence-corrected chi connectivity index (χ4v) is 2.57. The number of benzene rings is 2. The summed E-state index contributed by atoms with van der Waals surface area (Å²) in [6.45, 7) is 2.03. The highest BCUT2D eigenvalue weighted by atomic mass is 16.6. The number of hydrogen-bond acceptors (Lipinski definition) is 4. The van der Waals surface area contributed by atoms with Gasteiger partial charge in [-0.15, -0.1) is 0 Å². The maximum atomic E-state index is 10.1. The second-order valence-electron chi connectivity index (χ2n) is 5.12. The van der Waals surface area contributed by atoms with E-state index in [2.05, 4.69) is 0 Å². The number of epoxide rings is 1. The zero-order valence-electron chi connectivity index (χ0n) is 12.3. The molecular formula is C17H18O4. The first-order valence-electron chi connectivity index (χ1n) is 6.81. The molecule has 1 aliphatic rings. The standard InChI is InChI=1S/C17H18O4/c1-10-8-11(19-2)4-6-13(10)16-17(21-16)14-7-5-12(20-3)9-15(14)18/h4-9,16-18H,1-3H3. The minimum atomic E-state index is -0.108. The third-order valence-electron chi connectivity index (χ3n) is 3.82. The number of ether oxygens (including phenoxy) is 3. The Labute approximate surface area is 123 Å². The summed E-state index contributed by atoms with van der Waals surface area (Å²) in [5.74, 6) is 1.67. The molecule has 2 unspecified atom stereocenters. The molecule has 0 bridgehead atoms. The van der Waals surface area contributed by atoms with Crippen LogP contribution in [0, 0.1) is 6.92 Å². The summed E-state index contributed by atoms with van der Waals surface area (Å²) in [4.78, 5) is 0. The van der Waals surface area contributed by atoms with Crippen molar-refractivity contribution in [2.75, 3.05) is 14.2 Å². The van der Waals surface area contributed by atoms with Crippen LogP contribution in [0.2, 0.25) is 0 Å². The van der Waals surface area contributed by atoms with E-state index in [-0.39, 0.29) is 18.0 Å². The molecule has 110 valence electrons. The highest BCUT2D eigenvalue weighted by Crippen LogP contribution is 2.54. The molecule has 1 heterocycles. The SMILES string of the molecule is COc1ccc(C2OC2c2ccc(OC)cc2O)c(C)c1. The number of methoxy groups -OCH3 is 2. The molecule has 1 N–H and O–H groups in total. The molecular weight excluding hydrogens is 268 g/mol. The van der Waals surface area contributed by atoms with Crippen molar-refractivity contribution in [2.45, 2.75) is 19.1 Å². The van der Waals surface area contributed by atoms with Crippen molar-refractivity contribution in [2.24, 2.45) is 0 Å². The van der Waals surface area contributed by atoms with E-state index in [0.717, 1.165) is 22.4 Å². The van der Waals surface area contributed by atoms with Gasteiger partial charge in [0.05, 0.1) is 14.2 Å². The van der Waals surface area contributed by atoms with Crippen molar-refractivity contribution in [1.82, 2.24) is 0 Å². The topological polar surface area (TPSA) is 51.2 Å². The van der Waals surface area contributed by atoms with E-state index in [1.54, 1.807) is 20.3 Å². The van der Waals surface area contributed by atoms with Gasteiger partial charge in [-0.25, -0.2) is 0 Å². The molecule has 4 heteroatoms. The predicted molar refractivity (Wildman–Crippen MR) is 79.0 cm³/mol. The largest absolute Gasteiger partial charge is 0.507 e. The van der Waals surface area contributed by atoms with Crippen LogP contribution < -0.4 is 9.47 Å². The highest BCUT2D eigenvalue weighted by molar-refractivity contribution is 5.46. The Morgan fingerprint density at radius 3 is 2.05 bits per heavy atom. The van der Waals surface area contributed by atoms with Gasteiger partial charge in [0.25, 0.3) is 0 Å². The van der Waals surface area contributed by atoms with Crippen LogP contribution in [0.3, 0.4) is 0 Å². The van der Waals surface area contributed by atoms with Gasteiger partial charge >= 0.3 is 0 Å². The van der Waals surface area contributed by atoms with E-state index in [0.29, 0.717) is 5.75 Å². The minimum absolute atomic E-state index is 0.0183. The number of phenols is 1. The van der Waals surface area contributed by atoms with Crippen molar-refractivity contribution < 1.29 is 19.3 Å². The summed E-state index contributed by atoms with van der Waals surface area (Å²) in [5, 5.41) is 10.1. The smallest absolute Gasteiger partial charge is 0.125 e. The molecule has 2 aromatic rings. The lowest BCUT2D eigenvalue weighted by atomic mass is 10.00. The van der Waals surface area contributed by atoms with Crippen LogP contribution >= 0.6 is 0 Å². The van der Waals surface area contributed by atoms with Crippen LogP contribution in [0.25, 0.3) is 0 Å². The predicted octanol–water partition coefficient (Wildman–Crippen LogP) is 3.53. The average molecular weight is 286 g/mol. The van der Waals surface area contributed by atoms with E-state index in [1.165, 1.54) is 0 Å². The first-order valence-corrected chi connectivity index (χ1v) is 6.81. The number of phenolic OH excluding ortho intramolecular Hbond substituents is 1. The van der Waals surface area contributed by atoms with Crippen molar-refractivity contribution >= 4 is 0 Å². The van der Waals surface area contributed by atoms with Gasteiger partial charge < -0.3 is 19.3 Å². The van der Waals surface area contributed by atoms with Crippen LogP contribution in [0.4, 0.5) is 0 Å². The molecule has 1 aliphatic heterocycles. The van der Waals surface area contributed by atoms with E-state index in [9.17, 15) is 5.11 Å². The number of aromatic hydroxyl groups is 1. The number of hydrogen-bond donors (Lipinski definition) is 1. The first-order chi connectivity index (χ1) is 10.1. The minimum Gasteiger partial charge on any atom is -0.507 e. The van der Waals surface area contributed by atoms with Crippen molar-refractivity contribution in [3.63, 3.8) is 0 Å². The summed E-state index contributed by atoms with van der Waals surface area (Å²) in [5.41, 5.74) is 3.03. The third-order valence-corrected chi connectivity index (χ3v) is 3.82. The molecule has 3 rings (SSSR count). The highest BCUT2D eigenvalue weighted by Gasteiger charge is 2.43. The van der Waals surface area contributed by atoms with Gasteiger partial charge in [0.1, 0.15) is 29.5 Å². The number of aryl methyl sites for hydroxylation is 1. The van der Waals surface area contributed by atoms with Crippen LogP contribution in [-0.4, -0.2) is 19.3 Å². The normalized spacial score (nSPS) is 20.1. The van der Waals surface area contributed by atoms with Gasteiger partial charge in [0.15, 0.2) is 0 Å². The Hall–Kier alpha value is -2.20. The second kappa shape index (κ2) is 5.30. The summed E-state index contributed by atoms with van der Waals surface area (Å²) in [7, 11) is 3.23. The average Bonchev–Trinajstić information content (AvgIpc) is 3.26. The molecule has 2 atom stereocenters. The fourth-order valence-electron chi connectivity index (χ4n) is 2.57. The summed E-state index contributed by atoms with van der Waals surface area (Å²) >= 11 is 0. The zero-order chi connectivity index (χ0) is 15.0. The van der Waals surface area contributed by atoms with Gasteiger partial charge in [-0.05, 0) is 42.3 Å². The molecule has 0 saturated carbocycles. The molecule has 0 radical (unpaired) electrons. The maximum absolute atomic E-state index is 10.1. The summed E-state index contributed by atoms with van der Waals surface area (Å²) in [6.07, 6.45) is -0.127. The van der Waals surface area contributed by atoms with Gasteiger partial charge in [0, 0.05) is 11.6 Å². The molecule has 4 nitrogen and oxygen atoms in total. The van der Waals surface area contributed by atoms with Gasteiger partial charge in [-0.2, -0.15) is 0 Å². The van der Waals surface area contributed by atoms with Gasteiger partial charge in [0.2, 0.25) is 0 Å². The molecule has 1 fully saturated rings. The monoisotopic (exact) mass is 286 g/mol. The molecule has 2 aromatic carbocycles. The lowest BCUT2D eigenvalue weighted by molar-refractivity contribution is 0.368. The lowest BCUT2D eigenvalue weighted by Gasteiger charge is -2.07. The van der Waals surface area contributed by atoms with E-state index in [1.807, 2.05) is 37.3 Å². The quantitative estimate of drug-likeness (QED) is 0.874. The first kappa shape index (κ1) is 13.8. The van der Waals surface area contributed by atoms with Crippen molar-refractivity contribution in [3.8, 4) is 17.2 Å². The zero-order valence-corrected chi connectivity index (χ0v) is 12.3. The second-order valence-corrected chi connectivity index (χ2v) is 5.12. The van der Waals surface area contributed by atoms with E-state index >= 15 is 0 Å². The van der Waals surface area contributed by atoms with E-state index in [4.69, 9.17) is 14.2 Å². The van der Waals surface area contributed by atoms with Crippen LogP contribution in [0.15, 0.2) is 36.4 Å². The van der Waals surface area contributed by atoms with Crippen molar-refractivity contribution in [3.05, 3.63) is 53.1 Å². The molecule has 0 amide bonds. The molecule has 1 saturated heterocycles. The van der Waals surface area contributed by atoms with Gasteiger partial charge in [-0.3, -0.25) is 0 Å². The Bertz CT molecular complexity index is 608.